The molecule has 16 heavy (non-hydrogen) atoms. The SMILES string of the molecule is COC(=O)c1nc(C(F)F)c(Cl)c(N)c1Cl. The van der Waals surface area contributed by atoms with Crippen LogP contribution in [0.5, 0.6) is 0 Å². The van der Waals surface area contributed by atoms with Gasteiger partial charge in [-0.15, -0.1) is 0 Å². The predicted molar refractivity (Wildman–Crippen MR) is 55.0 cm³/mol. The van der Waals surface area contributed by atoms with Gasteiger partial charge in [0.05, 0.1) is 22.8 Å². The Kier molecular flexibility index (Phi) is 3.88. The molecular formula is C8H6Cl2F2N2O2. The van der Waals surface area contributed by atoms with E-state index in [1.54, 1.807) is 0 Å². The maximum atomic E-state index is 12.5. The Morgan fingerprint density at radius 3 is 2.44 bits per heavy atom. The molecule has 0 atom stereocenters. The van der Waals surface area contributed by atoms with E-state index in [4.69, 9.17) is 28.9 Å². The normalized spacial score (nSPS) is 10.6. The maximum absolute atomic E-state index is 12.5. The third kappa shape index (κ3) is 2.17. The number of nitrogen functional groups attached to an aromatic ring is 1. The number of alkyl halides is 2. The number of nitrogens with two attached hydrogens (primary N) is 1. The number of pyridine rings is 1. The van der Waals surface area contributed by atoms with Crippen LogP contribution in [0.2, 0.25) is 10.0 Å². The lowest BCUT2D eigenvalue weighted by Crippen LogP contribution is -2.10. The molecule has 4 nitrogen and oxygen atoms in total. The van der Waals surface area contributed by atoms with Gasteiger partial charge in [-0.05, 0) is 0 Å². The van der Waals surface area contributed by atoms with Gasteiger partial charge in [0.15, 0.2) is 5.69 Å². The molecule has 0 aliphatic carbocycles. The molecule has 0 spiro atoms. The summed E-state index contributed by atoms with van der Waals surface area (Å²) in [5.41, 5.74) is 3.76. The standard InChI is InChI=1S/C8H6Cl2F2N2O2/c1-16-8(15)6-3(10)4(13)2(9)5(14-6)7(11)12/h7H,1H3,(H2,13,14). The predicted octanol–water partition coefficient (Wildman–Crippen LogP) is 2.69. The molecule has 0 aromatic carbocycles. The van der Waals surface area contributed by atoms with E-state index in [9.17, 15) is 13.6 Å². The van der Waals surface area contributed by atoms with Gasteiger partial charge in [0.1, 0.15) is 5.69 Å². The van der Waals surface area contributed by atoms with E-state index in [0.717, 1.165) is 7.11 Å². The molecule has 2 N–H and O–H groups in total. The van der Waals surface area contributed by atoms with Crippen molar-refractivity contribution in [2.75, 3.05) is 12.8 Å². The summed E-state index contributed by atoms with van der Waals surface area (Å²) in [6.07, 6.45) is -2.96. The summed E-state index contributed by atoms with van der Waals surface area (Å²) in [4.78, 5) is 14.5. The molecule has 88 valence electrons. The summed E-state index contributed by atoms with van der Waals surface area (Å²) >= 11 is 11.1. The minimum absolute atomic E-state index is 0.304. The molecule has 0 bridgehead atoms. The fourth-order valence-corrected chi connectivity index (χ4v) is 1.44. The van der Waals surface area contributed by atoms with Crippen LogP contribution in [-0.2, 0) is 4.74 Å². The van der Waals surface area contributed by atoms with Gasteiger partial charge in [-0.2, -0.15) is 0 Å². The Morgan fingerprint density at radius 2 is 2.00 bits per heavy atom. The van der Waals surface area contributed by atoms with Gasteiger partial charge in [-0.3, -0.25) is 0 Å². The number of esters is 1. The van der Waals surface area contributed by atoms with Gasteiger partial charge in [-0.25, -0.2) is 18.6 Å². The highest BCUT2D eigenvalue weighted by atomic mass is 35.5. The first-order valence-electron chi connectivity index (χ1n) is 3.91. The van der Waals surface area contributed by atoms with Gasteiger partial charge in [0.25, 0.3) is 6.43 Å². The summed E-state index contributed by atoms with van der Waals surface area (Å²) in [6, 6.07) is 0. The van der Waals surface area contributed by atoms with Gasteiger partial charge < -0.3 is 10.5 Å². The topological polar surface area (TPSA) is 65.2 Å². The van der Waals surface area contributed by atoms with Crippen LogP contribution in [0.1, 0.15) is 22.6 Å². The number of carbonyl (C=O) groups excluding carboxylic acids is 1. The summed E-state index contributed by atoms with van der Waals surface area (Å²) in [7, 11) is 1.06. The molecule has 8 heteroatoms. The van der Waals surface area contributed by atoms with E-state index in [1.165, 1.54) is 0 Å². The first-order valence-corrected chi connectivity index (χ1v) is 4.66. The monoisotopic (exact) mass is 270 g/mol. The van der Waals surface area contributed by atoms with E-state index in [1.807, 2.05) is 0 Å². The minimum Gasteiger partial charge on any atom is -0.464 e. The first kappa shape index (κ1) is 12.9. The number of anilines is 1. The van der Waals surface area contributed by atoms with Crippen molar-refractivity contribution in [2.45, 2.75) is 6.43 Å². The number of methoxy groups -OCH3 is 1. The smallest absolute Gasteiger partial charge is 0.358 e. The van der Waals surface area contributed by atoms with Crippen LogP contribution in [0.25, 0.3) is 0 Å². The molecule has 1 rings (SSSR count). The van der Waals surface area contributed by atoms with Gasteiger partial charge in [0.2, 0.25) is 0 Å². The lowest BCUT2D eigenvalue weighted by atomic mass is 10.2. The Balaban J connectivity index is 3.47. The highest BCUT2D eigenvalue weighted by molar-refractivity contribution is 6.40. The molecule has 0 saturated carbocycles. The van der Waals surface area contributed by atoms with E-state index in [2.05, 4.69) is 9.72 Å². The molecule has 0 unspecified atom stereocenters. The van der Waals surface area contributed by atoms with Crippen molar-refractivity contribution >= 4 is 34.9 Å². The van der Waals surface area contributed by atoms with Crippen molar-refractivity contribution in [3.8, 4) is 0 Å². The van der Waals surface area contributed by atoms with Gasteiger partial charge in [0, 0.05) is 0 Å². The van der Waals surface area contributed by atoms with Crippen LogP contribution in [0, 0.1) is 0 Å². The molecule has 1 aromatic rings. The quantitative estimate of drug-likeness (QED) is 0.840. The highest BCUT2D eigenvalue weighted by Crippen LogP contribution is 2.36. The number of carbonyl (C=O) groups is 1. The molecule has 0 fully saturated rings. The zero-order valence-electron chi connectivity index (χ0n) is 7.93. The third-order valence-corrected chi connectivity index (χ3v) is 2.50. The molecule has 1 heterocycles. The zero-order valence-corrected chi connectivity index (χ0v) is 9.44. The van der Waals surface area contributed by atoms with Crippen LogP contribution >= 0.6 is 23.2 Å². The summed E-state index contributed by atoms with van der Waals surface area (Å²) < 4.78 is 29.3. The van der Waals surface area contributed by atoms with Crippen molar-refractivity contribution in [2.24, 2.45) is 0 Å². The summed E-state index contributed by atoms with van der Waals surface area (Å²) in [6.45, 7) is 0. The maximum Gasteiger partial charge on any atom is 0.358 e. The minimum atomic E-state index is -2.96. The van der Waals surface area contributed by atoms with E-state index >= 15 is 0 Å². The number of ether oxygens (including phenoxy) is 1. The average Bonchev–Trinajstić information content (AvgIpc) is 2.25. The largest absolute Gasteiger partial charge is 0.464 e. The molecule has 0 aliphatic heterocycles. The van der Waals surface area contributed by atoms with Crippen molar-refractivity contribution in [1.29, 1.82) is 0 Å². The van der Waals surface area contributed by atoms with E-state index in [-0.39, 0.29) is 10.7 Å². The number of hydrogen-bond acceptors (Lipinski definition) is 4. The Hall–Kier alpha value is -1.14. The fourth-order valence-electron chi connectivity index (χ4n) is 0.957. The van der Waals surface area contributed by atoms with Crippen molar-refractivity contribution in [1.82, 2.24) is 4.98 Å². The first-order chi connectivity index (χ1) is 7.40. The second-order valence-corrected chi connectivity index (χ2v) is 3.44. The molecule has 0 aliphatic rings. The average molecular weight is 271 g/mol. The molecule has 0 amide bonds. The summed E-state index contributed by atoms with van der Waals surface area (Å²) in [5.74, 6) is -0.963. The number of rotatable bonds is 2. The third-order valence-electron chi connectivity index (χ3n) is 1.72. The van der Waals surface area contributed by atoms with Crippen LogP contribution in [0.15, 0.2) is 0 Å². The highest BCUT2D eigenvalue weighted by Gasteiger charge is 2.24. The molecular weight excluding hydrogens is 265 g/mol. The zero-order chi connectivity index (χ0) is 12.5. The van der Waals surface area contributed by atoms with Gasteiger partial charge >= 0.3 is 5.97 Å². The second-order valence-electron chi connectivity index (χ2n) is 2.68. The number of halogens is 4. The Labute approximate surface area is 99.3 Å². The van der Waals surface area contributed by atoms with Gasteiger partial charge in [-0.1, -0.05) is 23.2 Å². The number of hydrogen-bond donors (Lipinski definition) is 1. The van der Waals surface area contributed by atoms with Crippen LogP contribution in [-0.4, -0.2) is 18.1 Å². The second kappa shape index (κ2) is 4.80. The Bertz CT molecular complexity index is 441. The summed E-state index contributed by atoms with van der Waals surface area (Å²) in [5, 5.41) is -0.770. The van der Waals surface area contributed by atoms with Crippen molar-refractivity contribution in [3.05, 3.63) is 21.4 Å². The van der Waals surface area contributed by atoms with Crippen molar-refractivity contribution in [3.63, 3.8) is 0 Å². The molecule has 0 radical (unpaired) electrons. The molecule has 0 saturated heterocycles. The van der Waals surface area contributed by atoms with Crippen LogP contribution < -0.4 is 5.73 Å². The number of nitrogens with zero attached hydrogens (tertiary/aromatic N) is 1. The fraction of sp³-hybridized carbons (Fsp3) is 0.250. The Morgan fingerprint density at radius 1 is 1.44 bits per heavy atom. The number of aromatic nitrogens is 1. The van der Waals surface area contributed by atoms with Crippen molar-refractivity contribution < 1.29 is 18.3 Å². The van der Waals surface area contributed by atoms with E-state index in [0.29, 0.717) is 0 Å². The van der Waals surface area contributed by atoms with Crippen LogP contribution in [0.3, 0.4) is 0 Å². The van der Waals surface area contributed by atoms with Crippen LogP contribution in [0.4, 0.5) is 14.5 Å². The van der Waals surface area contributed by atoms with E-state index < -0.39 is 28.8 Å². The lowest BCUT2D eigenvalue weighted by Gasteiger charge is -2.10. The lowest BCUT2D eigenvalue weighted by molar-refractivity contribution is 0.0592. The molecule has 1 aromatic heterocycles.